The van der Waals surface area contributed by atoms with Crippen molar-refractivity contribution in [3.05, 3.63) is 48.0 Å². The lowest BCUT2D eigenvalue weighted by molar-refractivity contribution is -0.117. The Kier molecular flexibility index (Phi) is 4.65. The maximum atomic E-state index is 11.1. The minimum atomic E-state index is -0.349. The number of rotatable bonds is 6. The number of hydrogen-bond acceptors (Lipinski definition) is 2. The molecule has 1 aromatic rings. The summed E-state index contributed by atoms with van der Waals surface area (Å²) in [5.41, 5.74) is 1.58. The van der Waals surface area contributed by atoms with Gasteiger partial charge < -0.3 is 4.79 Å². The first-order chi connectivity index (χ1) is 7.65. The molecule has 0 radical (unpaired) electrons. The van der Waals surface area contributed by atoms with Crippen LogP contribution >= 0.6 is 0 Å². The van der Waals surface area contributed by atoms with Crippen LogP contribution in [0.25, 0.3) is 0 Å². The van der Waals surface area contributed by atoms with Gasteiger partial charge in [0.15, 0.2) is 5.78 Å². The molecule has 0 spiro atoms. The van der Waals surface area contributed by atoms with Gasteiger partial charge in [-0.1, -0.05) is 36.9 Å². The van der Waals surface area contributed by atoms with Crippen LogP contribution in [0.3, 0.4) is 0 Å². The van der Waals surface area contributed by atoms with Gasteiger partial charge in [0, 0.05) is 5.92 Å². The van der Waals surface area contributed by atoms with Gasteiger partial charge in [0.25, 0.3) is 0 Å². The summed E-state index contributed by atoms with van der Waals surface area (Å²) in [6.07, 6.45) is 2.25. The quantitative estimate of drug-likeness (QED) is 0.541. The van der Waals surface area contributed by atoms with Crippen LogP contribution in [0.4, 0.5) is 0 Å². The average molecular weight is 216 g/mol. The summed E-state index contributed by atoms with van der Waals surface area (Å²) < 4.78 is 0. The summed E-state index contributed by atoms with van der Waals surface area (Å²) in [7, 11) is 0. The highest BCUT2D eigenvalue weighted by Crippen LogP contribution is 2.15. The van der Waals surface area contributed by atoms with Crippen molar-refractivity contribution in [3.63, 3.8) is 0 Å². The minimum Gasteiger partial charge on any atom is -0.303 e. The van der Waals surface area contributed by atoms with Gasteiger partial charge in [0.2, 0.25) is 0 Å². The Balaban J connectivity index is 2.56. The molecule has 0 aliphatic carbocycles. The number of carbonyl (C=O) groups is 2. The molecule has 0 saturated heterocycles. The highest BCUT2D eigenvalue weighted by Gasteiger charge is 2.14. The Hall–Kier alpha value is -1.70. The van der Waals surface area contributed by atoms with Crippen LogP contribution < -0.4 is 0 Å². The van der Waals surface area contributed by atoms with E-state index in [4.69, 9.17) is 0 Å². The largest absolute Gasteiger partial charge is 0.303 e. The van der Waals surface area contributed by atoms with Gasteiger partial charge in [-0.3, -0.25) is 4.79 Å². The number of benzene rings is 1. The fourth-order valence-corrected chi connectivity index (χ4v) is 1.55. The molecule has 84 valence electrons. The summed E-state index contributed by atoms with van der Waals surface area (Å²) in [5, 5.41) is 0. The molecule has 0 aromatic heterocycles. The third-order valence-electron chi connectivity index (χ3n) is 2.65. The van der Waals surface area contributed by atoms with E-state index in [1.54, 1.807) is 0 Å². The summed E-state index contributed by atoms with van der Waals surface area (Å²) in [6.45, 7) is 5.10. The zero-order chi connectivity index (χ0) is 12.0. The summed E-state index contributed by atoms with van der Waals surface area (Å²) in [5.74, 6) is -0.456. The molecule has 0 bridgehead atoms. The lowest BCUT2D eigenvalue weighted by Gasteiger charge is -2.10. The highest BCUT2D eigenvalue weighted by molar-refractivity contribution is 5.96. The summed E-state index contributed by atoms with van der Waals surface area (Å²) in [4.78, 5) is 22.0. The molecule has 0 amide bonds. The highest BCUT2D eigenvalue weighted by atomic mass is 16.1. The lowest BCUT2D eigenvalue weighted by atomic mass is 9.92. The van der Waals surface area contributed by atoms with Gasteiger partial charge >= 0.3 is 0 Å². The standard InChI is InChI=1S/C14H16O2/c1-11(12(2)16)14(10-15)9-8-13-6-4-3-5-7-13/h3-7,10,14H,1,8-9H2,2H3. The van der Waals surface area contributed by atoms with Crippen LogP contribution in [0.2, 0.25) is 0 Å². The Morgan fingerprint density at radius 1 is 1.38 bits per heavy atom. The normalized spacial score (nSPS) is 11.8. The predicted octanol–water partition coefficient (Wildman–Crippen LogP) is 2.58. The number of hydrogen-bond donors (Lipinski definition) is 0. The second kappa shape index (κ2) is 6.01. The smallest absolute Gasteiger partial charge is 0.155 e. The predicted molar refractivity (Wildman–Crippen MR) is 64.1 cm³/mol. The van der Waals surface area contributed by atoms with Crippen LogP contribution in [0.1, 0.15) is 18.9 Å². The first-order valence-electron chi connectivity index (χ1n) is 5.34. The topological polar surface area (TPSA) is 34.1 Å². The van der Waals surface area contributed by atoms with Crippen molar-refractivity contribution in [1.82, 2.24) is 0 Å². The van der Waals surface area contributed by atoms with Gasteiger partial charge in [-0.25, -0.2) is 0 Å². The van der Waals surface area contributed by atoms with Crippen LogP contribution in [-0.4, -0.2) is 12.1 Å². The third-order valence-corrected chi connectivity index (χ3v) is 2.65. The molecule has 16 heavy (non-hydrogen) atoms. The number of aldehydes is 1. The number of allylic oxidation sites excluding steroid dienone is 1. The van der Waals surface area contributed by atoms with E-state index in [0.29, 0.717) is 12.0 Å². The van der Waals surface area contributed by atoms with Crippen LogP contribution in [0.15, 0.2) is 42.5 Å². The molecule has 1 unspecified atom stereocenters. The van der Waals surface area contributed by atoms with E-state index in [1.807, 2.05) is 30.3 Å². The van der Waals surface area contributed by atoms with Gasteiger partial charge in [-0.05, 0) is 30.9 Å². The van der Waals surface area contributed by atoms with Gasteiger partial charge in [-0.2, -0.15) is 0 Å². The lowest BCUT2D eigenvalue weighted by Crippen LogP contribution is -2.12. The van der Waals surface area contributed by atoms with E-state index in [9.17, 15) is 9.59 Å². The molecule has 0 aliphatic heterocycles. The van der Waals surface area contributed by atoms with Crippen LogP contribution in [-0.2, 0) is 16.0 Å². The number of ketones is 1. The Labute approximate surface area is 96.0 Å². The second-order valence-electron chi connectivity index (χ2n) is 3.85. The molecule has 1 atom stereocenters. The Morgan fingerprint density at radius 3 is 2.50 bits per heavy atom. The van der Waals surface area contributed by atoms with Crippen molar-refractivity contribution in [3.8, 4) is 0 Å². The van der Waals surface area contributed by atoms with Crippen molar-refractivity contribution in [2.24, 2.45) is 5.92 Å². The maximum absolute atomic E-state index is 11.1. The first-order valence-corrected chi connectivity index (χ1v) is 5.34. The number of aryl methyl sites for hydroxylation is 1. The zero-order valence-electron chi connectivity index (χ0n) is 9.48. The average Bonchev–Trinajstić information content (AvgIpc) is 2.30. The van der Waals surface area contributed by atoms with E-state index >= 15 is 0 Å². The van der Waals surface area contributed by atoms with Gasteiger partial charge in [0.1, 0.15) is 6.29 Å². The van der Waals surface area contributed by atoms with Crippen molar-refractivity contribution < 1.29 is 9.59 Å². The fourth-order valence-electron chi connectivity index (χ4n) is 1.55. The molecule has 0 aliphatic rings. The van der Waals surface area contributed by atoms with E-state index in [2.05, 4.69) is 6.58 Å². The monoisotopic (exact) mass is 216 g/mol. The molecule has 0 N–H and O–H groups in total. The van der Waals surface area contributed by atoms with E-state index in [-0.39, 0.29) is 11.7 Å². The molecule has 1 aromatic carbocycles. The van der Waals surface area contributed by atoms with Crippen molar-refractivity contribution in [2.75, 3.05) is 0 Å². The van der Waals surface area contributed by atoms with Gasteiger partial charge in [0.05, 0.1) is 0 Å². The molecule has 1 rings (SSSR count). The minimum absolute atomic E-state index is 0.106. The molecule has 2 nitrogen and oxygen atoms in total. The summed E-state index contributed by atoms with van der Waals surface area (Å²) in [6, 6.07) is 9.90. The molecular weight excluding hydrogens is 200 g/mol. The second-order valence-corrected chi connectivity index (χ2v) is 3.85. The molecule has 0 saturated carbocycles. The maximum Gasteiger partial charge on any atom is 0.155 e. The van der Waals surface area contributed by atoms with Gasteiger partial charge in [-0.15, -0.1) is 0 Å². The van der Waals surface area contributed by atoms with E-state index in [0.717, 1.165) is 12.7 Å². The molecule has 0 heterocycles. The number of Topliss-reactive ketones (excluding diaryl/α,β-unsaturated/α-hetero) is 1. The Morgan fingerprint density at radius 2 is 2.00 bits per heavy atom. The van der Waals surface area contributed by atoms with E-state index < -0.39 is 0 Å². The first kappa shape index (κ1) is 12.4. The molecule has 0 fully saturated rings. The Bertz CT molecular complexity index is 379. The van der Waals surface area contributed by atoms with E-state index in [1.165, 1.54) is 12.5 Å². The summed E-state index contributed by atoms with van der Waals surface area (Å²) >= 11 is 0. The zero-order valence-corrected chi connectivity index (χ0v) is 9.48. The number of carbonyl (C=O) groups excluding carboxylic acids is 2. The van der Waals surface area contributed by atoms with Crippen molar-refractivity contribution in [1.29, 1.82) is 0 Å². The van der Waals surface area contributed by atoms with Crippen molar-refractivity contribution in [2.45, 2.75) is 19.8 Å². The van der Waals surface area contributed by atoms with Crippen LogP contribution in [0.5, 0.6) is 0 Å². The van der Waals surface area contributed by atoms with Crippen molar-refractivity contribution >= 4 is 12.1 Å². The van der Waals surface area contributed by atoms with Crippen LogP contribution in [0, 0.1) is 5.92 Å². The fraction of sp³-hybridized carbons (Fsp3) is 0.286. The molecule has 2 heteroatoms. The molecular formula is C14H16O2. The SMILES string of the molecule is C=C(C(C)=O)C(C=O)CCc1ccccc1. The third kappa shape index (κ3) is 3.46.